The van der Waals surface area contributed by atoms with Crippen LogP contribution in [0.2, 0.25) is 5.02 Å². The molecule has 1 aliphatic heterocycles. The number of aliphatic hydroxyl groups excluding tert-OH is 1. The number of hydrogen-bond donors (Lipinski definition) is 1. The third kappa shape index (κ3) is 5.56. The highest BCUT2D eigenvalue weighted by molar-refractivity contribution is 6.30. The Hall–Kier alpha value is -3.11. The number of halogens is 2. The van der Waals surface area contributed by atoms with E-state index in [1.165, 1.54) is 5.56 Å². The Bertz CT molecular complexity index is 1670. The maximum absolute atomic E-state index is 14.0. The number of fused-ring (bicyclic) bond motifs is 3. The molecule has 0 radical (unpaired) electrons. The molecule has 2 aromatic rings. The number of Topliss-reactive ketones (excluding diaryl/α,β-unsaturated/α-hetero) is 1. The van der Waals surface area contributed by atoms with Crippen LogP contribution in [0.15, 0.2) is 70.8 Å². The van der Waals surface area contributed by atoms with Crippen molar-refractivity contribution in [1.29, 1.82) is 0 Å². The molecule has 1 spiro atoms. The number of nitrogens with zero attached hydrogens (tertiary/aromatic N) is 1. The van der Waals surface area contributed by atoms with Gasteiger partial charge in [-0.2, -0.15) is 0 Å². The van der Waals surface area contributed by atoms with Gasteiger partial charge in [-0.15, -0.1) is 12.4 Å². The standard InChI is InChI=1S/C26H30O5.C12H16ClNO3.ClH/c1-22(2)17(27)7-9-23(3)16-6-10-24(4)15(14-8-11-30-13-14)12-18-26(24,31-18)25(16,5)21(29)19(28)20(22)23;1-14(2)7-8-16-12(15)9-17-11-5-3-10(13)4-6-11;/h7-9,11,13,15-16,18,28H,6,10,12H2,1-5H3;3-6H,7-9H2,1-2H3;1H. The summed E-state index contributed by atoms with van der Waals surface area (Å²) in [6.45, 7) is 11.0. The van der Waals surface area contributed by atoms with Crippen molar-refractivity contribution in [1.82, 2.24) is 4.90 Å². The Morgan fingerprint density at radius 2 is 1.78 bits per heavy atom. The zero-order valence-electron chi connectivity index (χ0n) is 29.2. The number of ether oxygens (including phenoxy) is 3. The van der Waals surface area contributed by atoms with E-state index in [9.17, 15) is 19.5 Å². The molecule has 4 aliphatic carbocycles. The third-order valence-electron chi connectivity index (χ3n) is 12.1. The number of hydrogen-bond acceptors (Lipinski definition) is 9. The molecule has 9 nitrogen and oxygen atoms in total. The summed E-state index contributed by atoms with van der Waals surface area (Å²) in [6, 6.07) is 8.84. The Balaban J connectivity index is 0.000000224. The summed E-state index contributed by atoms with van der Waals surface area (Å²) in [5.74, 6) is -0.0889. The summed E-state index contributed by atoms with van der Waals surface area (Å²) < 4.78 is 22.1. The summed E-state index contributed by atoms with van der Waals surface area (Å²) in [7, 11) is 3.83. The SMILES string of the molecule is CC1(C)C(=O)C=CC2(C)C1=C(O)C(=O)C1(C)C2CCC2(C)C(c3ccoc3)CC3OC321.CN(C)CCOC(=O)COc1ccc(Cl)cc1.Cl. The predicted molar refractivity (Wildman–Crippen MR) is 187 cm³/mol. The normalized spacial score (nSPS) is 34.8. The summed E-state index contributed by atoms with van der Waals surface area (Å²) in [4.78, 5) is 40.0. The number of benzene rings is 1. The molecule has 7 unspecified atom stereocenters. The Kier molecular flexibility index (Phi) is 9.78. The lowest BCUT2D eigenvalue weighted by atomic mass is 9.39. The van der Waals surface area contributed by atoms with Gasteiger partial charge in [-0.05, 0) is 114 Å². The summed E-state index contributed by atoms with van der Waals surface area (Å²) >= 11 is 5.72. The van der Waals surface area contributed by atoms with Crippen LogP contribution < -0.4 is 4.74 Å². The number of ketones is 2. The predicted octanol–water partition coefficient (Wildman–Crippen LogP) is 7.14. The first kappa shape index (κ1) is 37.2. The van der Waals surface area contributed by atoms with Gasteiger partial charge in [-0.25, -0.2) is 4.79 Å². The van der Waals surface area contributed by atoms with E-state index >= 15 is 0 Å². The van der Waals surface area contributed by atoms with Crippen LogP contribution in [0, 0.1) is 27.6 Å². The van der Waals surface area contributed by atoms with E-state index in [0.29, 0.717) is 29.5 Å². The number of carbonyl (C=O) groups is 3. The van der Waals surface area contributed by atoms with Crippen molar-refractivity contribution in [2.75, 3.05) is 33.9 Å². The number of carbonyl (C=O) groups excluding carboxylic acids is 3. The van der Waals surface area contributed by atoms with Crippen LogP contribution in [-0.2, 0) is 23.9 Å². The van der Waals surface area contributed by atoms with Crippen LogP contribution in [0.1, 0.15) is 65.4 Å². The lowest BCUT2D eigenvalue weighted by Gasteiger charge is -2.62. The fraction of sp³-hybridized carbons (Fsp3) is 0.553. The van der Waals surface area contributed by atoms with Gasteiger partial charge in [0.1, 0.15) is 18.0 Å². The fourth-order valence-electron chi connectivity index (χ4n) is 9.84. The lowest BCUT2D eigenvalue weighted by molar-refractivity contribution is -0.162. The molecule has 7 atom stereocenters. The van der Waals surface area contributed by atoms with E-state index in [-0.39, 0.29) is 65.7 Å². The van der Waals surface area contributed by atoms with Gasteiger partial charge in [0.05, 0.1) is 29.5 Å². The molecule has 0 bridgehead atoms. The molecular formula is C38H47Cl2NO8. The highest BCUT2D eigenvalue weighted by Crippen LogP contribution is 2.81. The molecule has 2 saturated carbocycles. The van der Waals surface area contributed by atoms with Crippen molar-refractivity contribution in [2.24, 2.45) is 27.6 Å². The third-order valence-corrected chi connectivity index (χ3v) is 12.4. The van der Waals surface area contributed by atoms with E-state index in [4.69, 9.17) is 30.2 Å². The second-order valence-corrected chi connectivity index (χ2v) is 15.8. The second kappa shape index (κ2) is 12.9. The number of epoxide rings is 1. The first-order valence-electron chi connectivity index (χ1n) is 16.7. The minimum Gasteiger partial charge on any atom is -0.504 e. The first-order valence-corrected chi connectivity index (χ1v) is 17.0. The molecule has 7 rings (SSSR count). The van der Waals surface area contributed by atoms with Crippen LogP contribution in [0.5, 0.6) is 5.75 Å². The topological polar surface area (TPSA) is 119 Å². The number of allylic oxidation sites excluding steroid dienone is 4. The van der Waals surface area contributed by atoms with Crippen molar-refractivity contribution in [2.45, 2.75) is 71.5 Å². The van der Waals surface area contributed by atoms with Crippen LogP contribution in [0.25, 0.3) is 0 Å². The highest BCUT2D eigenvalue weighted by atomic mass is 35.5. The average Bonchev–Trinajstić information content (AvgIpc) is 3.38. The molecule has 5 aliphatic rings. The molecule has 2 heterocycles. The van der Waals surface area contributed by atoms with Crippen LogP contribution in [0.3, 0.4) is 0 Å². The zero-order valence-corrected chi connectivity index (χ0v) is 30.8. The molecular weight excluding hydrogens is 669 g/mol. The molecule has 0 amide bonds. The summed E-state index contributed by atoms with van der Waals surface area (Å²) in [5, 5.41) is 12.0. The van der Waals surface area contributed by atoms with E-state index in [0.717, 1.165) is 19.3 Å². The van der Waals surface area contributed by atoms with Gasteiger partial charge in [0.15, 0.2) is 18.1 Å². The molecule has 11 heteroatoms. The van der Waals surface area contributed by atoms with E-state index in [1.54, 1.807) is 36.6 Å². The maximum atomic E-state index is 14.0. The van der Waals surface area contributed by atoms with Crippen molar-refractivity contribution >= 4 is 41.5 Å². The van der Waals surface area contributed by atoms with Crippen molar-refractivity contribution < 1.29 is 38.1 Å². The van der Waals surface area contributed by atoms with E-state index in [2.05, 4.69) is 13.8 Å². The molecule has 1 aromatic carbocycles. The van der Waals surface area contributed by atoms with Gasteiger partial charge in [0.25, 0.3) is 0 Å². The van der Waals surface area contributed by atoms with Crippen molar-refractivity contribution in [3.05, 3.63) is 76.9 Å². The van der Waals surface area contributed by atoms with Gasteiger partial charge in [-0.3, -0.25) is 9.59 Å². The molecule has 49 heavy (non-hydrogen) atoms. The molecule has 1 saturated heterocycles. The van der Waals surface area contributed by atoms with Gasteiger partial charge >= 0.3 is 5.97 Å². The second-order valence-electron chi connectivity index (χ2n) is 15.3. The van der Waals surface area contributed by atoms with Gasteiger partial charge < -0.3 is 28.6 Å². The summed E-state index contributed by atoms with van der Waals surface area (Å²) in [6.07, 6.45) is 9.76. The van der Waals surface area contributed by atoms with Gasteiger partial charge in [-0.1, -0.05) is 31.5 Å². The van der Waals surface area contributed by atoms with E-state index < -0.39 is 21.8 Å². The molecule has 1 aromatic heterocycles. The van der Waals surface area contributed by atoms with Crippen LogP contribution in [-0.4, -0.2) is 73.1 Å². The van der Waals surface area contributed by atoms with Crippen LogP contribution in [0.4, 0.5) is 0 Å². The number of furan rings is 1. The van der Waals surface area contributed by atoms with Crippen molar-refractivity contribution in [3.63, 3.8) is 0 Å². The number of esters is 1. The lowest BCUT2D eigenvalue weighted by Crippen LogP contribution is -2.66. The Labute approximate surface area is 299 Å². The quantitative estimate of drug-likeness (QED) is 0.236. The zero-order chi connectivity index (χ0) is 34.9. The van der Waals surface area contributed by atoms with Gasteiger partial charge in [0, 0.05) is 22.4 Å². The number of likely N-dealkylation sites (N-methyl/N-ethyl adjacent to an activating group) is 1. The average molecular weight is 717 g/mol. The minimum absolute atomic E-state index is 0. The first-order chi connectivity index (χ1) is 22.5. The Morgan fingerprint density at radius 3 is 2.41 bits per heavy atom. The summed E-state index contributed by atoms with van der Waals surface area (Å²) in [5.41, 5.74) is -1.40. The smallest absolute Gasteiger partial charge is 0.344 e. The maximum Gasteiger partial charge on any atom is 0.344 e. The largest absolute Gasteiger partial charge is 0.504 e. The van der Waals surface area contributed by atoms with Crippen molar-refractivity contribution in [3.8, 4) is 5.75 Å². The van der Waals surface area contributed by atoms with Crippen LogP contribution >= 0.6 is 24.0 Å². The fourth-order valence-corrected chi connectivity index (χ4v) is 9.97. The number of aliphatic hydroxyl groups is 1. The molecule has 1 N–H and O–H groups in total. The highest BCUT2D eigenvalue weighted by Gasteiger charge is 2.87. The Morgan fingerprint density at radius 1 is 1.08 bits per heavy atom. The molecule has 3 fully saturated rings. The monoisotopic (exact) mass is 715 g/mol. The molecule has 266 valence electrons. The minimum atomic E-state index is -0.901. The number of rotatable bonds is 7. The van der Waals surface area contributed by atoms with E-state index in [1.807, 2.05) is 58.2 Å². The van der Waals surface area contributed by atoms with Gasteiger partial charge in [0.2, 0.25) is 5.78 Å².